The van der Waals surface area contributed by atoms with Crippen LogP contribution in [0.3, 0.4) is 0 Å². The maximum Gasteiger partial charge on any atom is 0.123 e. The van der Waals surface area contributed by atoms with Crippen molar-refractivity contribution < 1.29 is 5.11 Å². The first-order chi connectivity index (χ1) is 9.34. The molecule has 0 radical (unpaired) electrons. The summed E-state index contributed by atoms with van der Waals surface area (Å²) in [6, 6.07) is 15.9. The fourth-order valence-corrected chi connectivity index (χ4v) is 2.49. The summed E-state index contributed by atoms with van der Waals surface area (Å²) in [6.45, 7) is 4.19. The first kappa shape index (κ1) is 12.1. The van der Waals surface area contributed by atoms with Gasteiger partial charge in [-0.3, -0.25) is 0 Å². The van der Waals surface area contributed by atoms with E-state index in [2.05, 4.69) is 34.5 Å². The van der Waals surface area contributed by atoms with Gasteiger partial charge in [0.15, 0.2) is 0 Å². The highest BCUT2D eigenvalue weighted by Crippen LogP contribution is 2.30. The number of anilines is 1. The molecule has 3 nitrogen and oxygen atoms in total. The molecule has 3 rings (SSSR count). The molecular weight excluding hydrogens is 236 g/mol. The summed E-state index contributed by atoms with van der Waals surface area (Å²) in [5, 5.41) is 13.2. The van der Waals surface area contributed by atoms with E-state index < -0.39 is 0 Å². The van der Waals surface area contributed by atoms with Crippen LogP contribution in [0, 0.1) is 0 Å². The van der Waals surface area contributed by atoms with Crippen LogP contribution < -0.4 is 10.2 Å². The number of nitrogens with one attached hydrogen (secondary N) is 1. The van der Waals surface area contributed by atoms with Crippen molar-refractivity contribution in [2.75, 3.05) is 31.1 Å². The minimum absolute atomic E-state index is 0.331. The van der Waals surface area contributed by atoms with E-state index in [9.17, 15) is 5.11 Å². The van der Waals surface area contributed by atoms with Crippen molar-refractivity contribution in [1.29, 1.82) is 0 Å². The summed E-state index contributed by atoms with van der Waals surface area (Å²) in [5.41, 5.74) is 3.19. The van der Waals surface area contributed by atoms with Crippen LogP contribution in [0.1, 0.15) is 0 Å². The van der Waals surface area contributed by atoms with E-state index in [1.165, 1.54) is 5.69 Å². The fraction of sp³-hybridized carbons (Fsp3) is 0.250. The van der Waals surface area contributed by atoms with Crippen molar-refractivity contribution in [3.8, 4) is 16.9 Å². The number of para-hydroxylation sites is 1. The molecule has 0 saturated carbocycles. The third-order valence-electron chi connectivity index (χ3n) is 3.56. The van der Waals surface area contributed by atoms with E-state index in [0.717, 1.165) is 37.3 Å². The van der Waals surface area contributed by atoms with Crippen molar-refractivity contribution in [1.82, 2.24) is 5.32 Å². The molecular formula is C16H18N2O. The lowest BCUT2D eigenvalue weighted by Crippen LogP contribution is -2.43. The van der Waals surface area contributed by atoms with Crippen molar-refractivity contribution in [2.45, 2.75) is 0 Å². The predicted octanol–water partition coefficient (Wildman–Crippen LogP) is 2.47. The molecule has 1 aliphatic heterocycles. The number of rotatable bonds is 2. The van der Waals surface area contributed by atoms with Crippen molar-refractivity contribution in [3.63, 3.8) is 0 Å². The number of hydrogen-bond donors (Lipinski definition) is 2. The molecule has 0 bridgehead atoms. The first-order valence-electron chi connectivity index (χ1n) is 6.69. The lowest BCUT2D eigenvalue weighted by molar-refractivity contribution is 0.477. The van der Waals surface area contributed by atoms with Crippen LogP contribution in [0.2, 0.25) is 0 Å². The van der Waals surface area contributed by atoms with Crippen LogP contribution in [-0.2, 0) is 0 Å². The lowest BCUT2D eigenvalue weighted by Gasteiger charge is -2.29. The summed E-state index contributed by atoms with van der Waals surface area (Å²) in [7, 11) is 0. The van der Waals surface area contributed by atoms with Crippen LogP contribution in [0.5, 0.6) is 5.75 Å². The minimum Gasteiger partial charge on any atom is -0.507 e. The van der Waals surface area contributed by atoms with Gasteiger partial charge in [0, 0.05) is 37.4 Å². The number of phenolic OH excluding ortho intramolecular Hbond substituents is 1. The van der Waals surface area contributed by atoms with Gasteiger partial charge in [0.1, 0.15) is 5.75 Å². The Labute approximate surface area is 113 Å². The molecule has 1 aliphatic rings. The molecule has 1 heterocycles. The van der Waals surface area contributed by atoms with Crippen molar-refractivity contribution in [3.05, 3.63) is 48.5 Å². The Morgan fingerprint density at radius 3 is 2.26 bits per heavy atom. The average molecular weight is 254 g/mol. The van der Waals surface area contributed by atoms with Gasteiger partial charge < -0.3 is 15.3 Å². The molecule has 0 amide bonds. The Morgan fingerprint density at radius 1 is 0.895 bits per heavy atom. The van der Waals surface area contributed by atoms with Crippen LogP contribution in [-0.4, -0.2) is 31.3 Å². The zero-order valence-corrected chi connectivity index (χ0v) is 10.8. The highest BCUT2D eigenvalue weighted by molar-refractivity contribution is 5.71. The number of benzene rings is 2. The molecule has 0 aliphatic carbocycles. The highest BCUT2D eigenvalue weighted by Gasteiger charge is 2.10. The van der Waals surface area contributed by atoms with Gasteiger partial charge in [-0.2, -0.15) is 0 Å². The number of nitrogens with zero attached hydrogens (tertiary/aromatic N) is 1. The Balaban J connectivity index is 1.84. The monoisotopic (exact) mass is 254 g/mol. The van der Waals surface area contributed by atoms with E-state index in [1.807, 2.05) is 18.2 Å². The third kappa shape index (κ3) is 2.56. The Hall–Kier alpha value is -2.00. The summed E-state index contributed by atoms with van der Waals surface area (Å²) in [5.74, 6) is 0.331. The minimum atomic E-state index is 0.331. The maximum absolute atomic E-state index is 9.86. The number of aromatic hydroxyl groups is 1. The largest absolute Gasteiger partial charge is 0.507 e. The molecule has 2 aromatic carbocycles. The Morgan fingerprint density at radius 2 is 1.58 bits per heavy atom. The van der Waals surface area contributed by atoms with Crippen LogP contribution in [0.25, 0.3) is 11.1 Å². The quantitative estimate of drug-likeness (QED) is 0.864. The molecule has 1 saturated heterocycles. The highest BCUT2D eigenvalue weighted by atomic mass is 16.3. The third-order valence-corrected chi connectivity index (χ3v) is 3.56. The van der Waals surface area contributed by atoms with Gasteiger partial charge in [-0.25, -0.2) is 0 Å². The number of hydrogen-bond acceptors (Lipinski definition) is 3. The van der Waals surface area contributed by atoms with Gasteiger partial charge in [0.25, 0.3) is 0 Å². The standard InChI is InChI=1S/C16H18N2O/c19-16-4-2-1-3-15(16)13-5-7-14(8-6-13)18-11-9-17-10-12-18/h1-8,17,19H,9-12H2. The second-order valence-electron chi connectivity index (χ2n) is 4.80. The maximum atomic E-state index is 9.86. The first-order valence-corrected chi connectivity index (χ1v) is 6.69. The Kier molecular flexibility index (Phi) is 3.38. The predicted molar refractivity (Wildman–Crippen MR) is 78.6 cm³/mol. The molecule has 1 fully saturated rings. The summed E-state index contributed by atoms with van der Waals surface area (Å²) in [4.78, 5) is 2.38. The topological polar surface area (TPSA) is 35.5 Å². The van der Waals surface area contributed by atoms with Gasteiger partial charge in [-0.1, -0.05) is 30.3 Å². The second-order valence-corrected chi connectivity index (χ2v) is 4.80. The van der Waals surface area contributed by atoms with E-state index in [4.69, 9.17) is 0 Å². The zero-order valence-electron chi connectivity index (χ0n) is 10.8. The fourth-order valence-electron chi connectivity index (χ4n) is 2.49. The van der Waals surface area contributed by atoms with Crippen LogP contribution in [0.4, 0.5) is 5.69 Å². The average Bonchev–Trinajstić information content (AvgIpc) is 2.49. The van der Waals surface area contributed by atoms with Crippen molar-refractivity contribution in [2.24, 2.45) is 0 Å². The van der Waals surface area contributed by atoms with Gasteiger partial charge in [0.05, 0.1) is 0 Å². The van der Waals surface area contributed by atoms with E-state index in [-0.39, 0.29) is 0 Å². The van der Waals surface area contributed by atoms with E-state index >= 15 is 0 Å². The van der Waals surface area contributed by atoms with Crippen molar-refractivity contribution >= 4 is 5.69 Å². The SMILES string of the molecule is Oc1ccccc1-c1ccc(N2CCNCC2)cc1. The molecule has 2 aromatic rings. The van der Waals surface area contributed by atoms with Crippen LogP contribution in [0.15, 0.2) is 48.5 Å². The second kappa shape index (κ2) is 5.33. The molecule has 2 N–H and O–H groups in total. The molecule has 19 heavy (non-hydrogen) atoms. The summed E-state index contributed by atoms with van der Waals surface area (Å²) in [6.07, 6.45) is 0. The molecule has 0 spiro atoms. The number of piperazine rings is 1. The zero-order chi connectivity index (χ0) is 13.1. The normalized spacial score (nSPS) is 15.5. The smallest absolute Gasteiger partial charge is 0.123 e. The molecule has 0 atom stereocenters. The molecule has 0 aromatic heterocycles. The van der Waals surface area contributed by atoms with E-state index in [0.29, 0.717) is 5.75 Å². The summed E-state index contributed by atoms with van der Waals surface area (Å²) >= 11 is 0. The Bertz CT molecular complexity index is 545. The van der Waals surface area contributed by atoms with Gasteiger partial charge in [0.2, 0.25) is 0 Å². The van der Waals surface area contributed by atoms with Gasteiger partial charge in [-0.05, 0) is 23.8 Å². The lowest BCUT2D eigenvalue weighted by atomic mass is 10.0. The van der Waals surface area contributed by atoms with Gasteiger partial charge >= 0.3 is 0 Å². The molecule has 98 valence electrons. The van der Waals surface area contributed by atoms with Crippen LogP contribution >= 0.6 is 0 Å². The number of phenols is 1. The summed E-state index contributed by atoms with van der Waals surface area (Å²) < 4.78 is 0. The van der Waals surface area contributed by atoms with Gasteiger partial charge in [-0.15, -0.1) is 0 Å². The van der Waals surface area contributed by atoms with E-state index in [1.54, 1.807) is 6.07 Å². The molecule has 0 unspecified atom stereocenters. The molecule has 3 heteroatoms.